The van der Waals surface area contributed by atoms with E-state index < -0.39 is 5.91 Å². The molecule has 2 heterocycles. The highest BCUT2D eigenvalue weighted by Crippen LogP contribution is 2.12. The van der Waals surface area contributed by atoms with Crippen LogP contribution in [0.1, 0.15) is 34.8 Å². The molecule has 0 saturated heterocycles. The summed E-state index contributed by atoms with van der Waals surface area (Å²) in [4.78, 5) is 28.1. The van der Waals surface area contributed by atoms with Gasteiger partial charge in [-0.25, -0.2) is 0 Å². The Hall–Kier alpha value is -2.74. The third kappa shape index (κ3) is 4.89. The highest BCUT2D eigenvalue weighted by atomic mass is 16.5. The molecule has 0 aliphatic carbocycles. The lowest BCUT2D eigenvalue weighted by atomic mass is 10.3. The highest BCUT2D eigenvalue weighted by molar-refractivity contribution is 6.07. The molecule has 2 amide bonds. The lowest BCUT2D eigenvalue weighted by Gasteiger charge is -2.09. The number of aromatic amines is 1. The minimum absolute atomic E-state index is 0.104. The predicted molar refractivity (Wildman–Crippen MR) is 84.2 cm³/mol. The molecule has 3 N–H and O–H groups in total. The van der Waals surface area contributed by atoms with Crippen LogP contribution in [-0.2, 0) is 4.74 Å². The van der Waals surface area contributed by atoms with Crippen molar-refractivity contribution in [3.8, 4) is 0 Å². The molecule has 2 aromatic heterocycles. The van der Waals surface area contributed by atoms with Gasteiger partial charge in [0, 0.05) is 12.7 Å². The van der Waals surface area contributed by atoms with E-state index in [1.807, 2.05) is 13.8 Å². The molecule has 0 aliphatic heterocycles. The summed E-state index contributed by atoms with van der Waals surface area (Å²) < 4.78 is 5.34. The van der Waals surface area contributed by atoms with Crippen molar-refractivity contribution in [2.24, 2.45) is 0 Å². The van der Waals surface area contributed by atoms with Gasteiger partial charge in [-0.05, 0) is 26.0 Å². The molecular formula is C15H19N5O3. The van der Waals surface area contributed by atoms with E-state index in [1.54, 1.807) is 18.2 Å². The number of hydrogen-bond acceptors (Lipinski definition) is 5. The number of anilines is 1. The average Bonchev–Trinajstić information content (AvgIpc) is 3.00. The Bertz CT molecular complexity index is 654. The Morgan fingerprint density at radius 1 is 1.30 bits per heavy atom. The minimum Gasteiger partial charge on any atom is -0.377 e. The van der Waals surface area contributed by atoms with Crippen LogP contribution in [0.3, 0.4) is 0 Å². The molecule has 0 aromatic carbocycles. The Kier molecular flexibility index (Phi) is 5.81. The van der Waals surface area contributed by atoms with Crippen LogP contribution in [-0.4, -0.2) is 46.3 Å². The fraction of sp³-hybridized carbons (Fsp3) is 0.333. The van der Waals surface area contributed by atoms with Gasteiger partial charge in [-0.15, -0.1) is 0 Å². The van der Waals surface area contributed by atoms with Gasteiger partial charge in [0.1, 0.15) is 11.4 Å². The monoisotopic (exact) mass is 317 g/mol. The van der Waals surface area contributed by atoms with Crippen LogP contribution in [0.2, 0.25) is 0 Å². The van der Waals surface area contributed by atoms with Crippen molar-refractivity contribution in [3.63, 3.8) is 0 Å². The van der Waals surface area contributed by atoms with Crippen molar-refractivity contribution in [2.75, 3.05) is 18.5 Å². The molecule has 0 spiro atoms. The van der Waals surface area contributed by atoms with Crippen molar-refractivity contribution in [2.45, 2.75) is 20.0 Å². The van der Waals surface area contributed by atoms with Gasteiger partial charge in [-0.2, -0.15) is 5.10 Å². The van der Waals surface area contributed by atoms with Gasteiger partial charge in [-0.1, -0.05) is 6.07 Å². The highest BCUT2D eigenvalue weighted by Gasteiger charge is 2.16. The molecule has 8 nitrogen and oxygen atoms in total. The van der Waals surface area contributed by atoms with E-state index in [9.17, 15) is 9.59 Å². The number of carbonyl (C=O) groups excluding carboxylic acids is 2. The summed E-state index contributed by atoms with van der Waals surface area (Å²) in [6.45, 7) is 4.61. The predicted octanol–water partition coefficient (Wildman–Crippen LogP) is 1.21. The molecule has 8 heteroatoms. The number of hydrogen-bond donors (Lipinski definition) is 3. The SMILES string of the molecule is CC(C)OCCNC(=O)c1[nH]ncc1NC(=O)c1ccccn1. The Morgan fingerprint density at radius 3 is 2.83 bits per heavy atom. The summed E-state index contributed by atoms with van der Waals surface area (Å²) in [7, 11) is 0. The molecule has 2 rings (SSSR count). The molecule has 0 unspecified atom stereocenters. The Balaban J connectivity index is 1.94. The van der Waals surface area contributed by atoms with Crippen molar-refractivity contribution in [1.29, 1.82) is 0 Å². The number of ether oxygens (including phenoxy) is 1. The van der Waals surface area contributed by atoms with Crippen LogP contribution in [0.25, 0.3) is 0 Å². The summed E-state index contributed by atoms with van der Waals surface area (Å²) in [5.74, 6) is -0.782. The molecule has 23 heavy (non-hydrogen) atoms. The summed E-state index contributed by atoms with van der Waals surface area (Å²) >= 11 is 0. The summed E-state index contributed by atoms with van der Waals surface area (Å²) in [6.07, 6.45) is 3.00. The molecule has 0 radical (unpaired) electrons. The van der Waals surface area contributed by atoms with Gasteiger partial charge in [0.05, 0.1) is 24.6 Å². The largest absolute Gasteiger partial charge is 0.377 e. The van der Waals surface area contributed by atoms with Crippen LogP contribution in [0, 0.1) is 0 Å². The summed E-state index contributed by atoms with van der Waals surface area (Å²) in [6, 6.07) is 5.00. The van der Waals surface area contributed by atoms with Gasteiger partial charge in [0.2, 0.25) is 0 Å². The average molecular weight is 317 g/mol. The number of rotatable bonds is 7. The van der Waals surface area contributed by atoms with Crippen LogP contribution >= 0.6 is 0 Å². The van der Waals surface area contributed by atoms with E-state index in [1.165, 1.54) is 12.4 Å². The second-order valence-electron chi connectivity index (χ2n) is 5.00. The number of nitrogens with one attached hydrogen (secondary N) is 3. The maximum Gasteiger partial charge on any atom is 0.274 e. The van der Waals surface area contributed by atoms with Crippen LogP contribution < -0.4 is 10.6 Å². The zero-order chi connectivity index (χ0) is 16.7. The normalized spacial score (nSPS) is 10.6. The fourth-order valence-electron chi connectivity index (χ4n) is 1.79. The number of carbonyl (C=O) groups is 2. The Morgan fingerprint density at radius 2 is 2.13 bits per heavy atom. The van der Waals surface area contributed by atoms with Crippen molar-refractivity contribution in [3.05, 3.63) is 42.0 Å². The van der Waals surface area contributed by atoms with Gasteiger partial charge in [0.15, 0.2) is 0 Å². The summed E-state index contributed by atoms with van der Waals surface area (Å²) in [5.41, 5.74) is 0.729. The number of pyridine rings is 1. The maximum absolute atomic E-state index is 12.1. The molecular weight excluding hydrogens is 298 g/mol. The van der Waals surface area contributed by atoms with E-state index in [0.717, 1.165) is 0 Å². The molecule has 0 atom stereocenters. The van der Waals surface area contributed by atoms with Crippen LogP contribution in [0.4, 0.5) is 5.69 Å². The number of aromatic nitrogens is 3. The third-order valence-corrected chi connectivity index (χ3v) is 2.85. The number of nitrogens with zero attached hydrogens (tertiary/aromatic N) is 2. The van der Waals surface area contributed by atoms with E-state index >= 15 is 0 Å². The van der Waals surface area contributed by atoms with E-state index in [-0.39, 0.29) is 23.4 Å². The third-order valence-electron chi connectivity index (χ3n) is 2.85. The standard InChI is InChI=1S/C15H19N5O3/c1-10(2)23-8-7-17-15(22)13-12(9-18-20-13)19-14(21)11-5-3-4-6-16-11/h3-6,9-10H,7-8H2,1-2H3,(H,17,22)(H,18,20)(H,19,21). The second kappa shape index (κ2) is 8.04. The van der Waals surface area contributed by atoms with Crippen molar-refractivity contribution < 1.29 is 14.3 Å². The molecule has 0 fully saturated rings. The first-order valence-electron chi connectivity index (χ1n) is 7.23. The van der Waals surface area contributed by atoms with Crippen molar-refractivity contribution in [1.82, 2.24) is 20.5 Å². The quantitative estimate of drug-likeness (QED) is 0.665. The smallest absolute Gasteiger partial charge is 0.274 e. The molecule has 0 aliphatic rings. The molecule has 2 aromatic rings. The van der Waals surface area contributed by atoms with E-state index in [2.05, 4.69) is 25.8 Å². The second-order valence-corrected chi connectivity index (χ2v) is 5.00. The fourth-order valence-corrected chi connectivity index (χ4v) is 1.79. The zero-order valence-corrected chi connectivity index (χ0v) is 13.0. The van der Waals surface area contributed by atoms with Gasteiger partial charge >= 0.3 is 0 Å². The van der Waals surface area contributed by atoms with Crippen LogP contribution in [0.5, 0.6) is 0 Å². The topological polar surface area (TPSA) is 109 Å². The number of amides is 2. The van der Waals surface area contributed by atoms with E-state index in [0.29, 0.717) is 18.8 Å². The maximum atomic E-state index is 12.1. The Labute approximate surface area is 133 Å². The van der Waals surface area contributed by atoms with Gasteiger partial charge < -0.3 is 15.4 Å². The first kappa shape index (κ1) is 16.6. The van der Waals surface area contributed by atoms with Crippen molar-refractivity contribution >= 4 is 17.5 Å². The van der Waals surface area contributed by atoms with Crippen LogP contribution in [0.15, 0.2) is 30.6 Å². The molecule has 0 saturated carbocycles. The lowest BCUT2D eigenvalue weighted by Crippen LogP contribution is -2.29. The minimum atomic E-state index is -0.413. The molecule has 122 valence electrons. The summed E-state index contributed by atoms with van der Waals surface area (Å²) in [5, 5.41) is 11.7. The first-order chi connectivity index (χ1) is 11.1. The lowest BCUT2D eigenvalue weighted by molar-refractivity contribution is 0.0745. The van der Waals surface area contributed by atoms with Gasteiger partial charge in [0.25, 0.3) is 11.8 Å². The first-order valence-corrected chi connectivity index (χ1v) is 7.23. The zero-order valence-electron chi connectivity index (χ0n) is 13.0. The van der Waals surface area contributed by atoms with E-state index in [4.69, 9.17) is 4.74 Å². The van der Waals surface area contributed by atoms with Gasteiger partial charge in [-0.3, -0.25) is 19.7 Å². The molecule has 0 bridgehead atoms. The number of H-pyrrole nitrogens is 1.